The molecule has 0 aliphatic heterocycles. The topological polar surface area (TPSA) is 130 Å². The van der Waals surface area contributed by atoms with Gasteiger partial charge in [-0.05, 0) is 30.3 Å². The molecule has 164 valence electrons. The third kappa shape index (κ3) is 6.73. The lowest BCUT2D eigenvalue weighted by Gasteiger charge is -2.24. The molecule has 0 bridgehead atoms. The first kappa shape index (κ1) is 23.7. The zero-order valence-electron chi connectivity index (χ0n) is 17.1. The number of ether oxygens (including phenoxy) is 3. The summed E-state index contributed by atoms with van der Waals surface area (Å²) in [4.78, 5) is 38.6. The zero-order chi connectivity index (χ0) is 22.8. The summed E-state index contributed by atoms with van der Waals surface area (Å²) in [5.41, 5.74) is 0.319. The number of carbonyl (C=O) groups is 3. The number of rotatable bonds is 6. The van der Waals surface area contributed by atoms with Crippen LogP contribution in [0.3, 0.4) is 0 Å². The fraction of sp³-hybridized carbons (Fsp3) is 0.200. The molecular weight excluding hydrogens is 424 g/mol. The van der Waals surface area contributed by atoms with Gasteiger partial charge in [0.2, 0.25) is 11.9 Å². The van der Waals surface area contributed by atoms with Crippen molar-refractivity contribution in [1.82, 2.24) is 5.32 Å². The van der Waals surface area contributed by atoms with Gasteiger partial charge in [0.05, 0.1) is 25.6 Å². The molecule has 3 amide bonds. The Kier molecular flexibility index (Phi) is 8.85. The van der Waals surface area contributed by atoms with Crippen LogP contribution in [0.5, 0.6) is 0 Å². The van der Waals surface area contributed by atoms with E-state index in [1.54, 1.807) is 12.1 Å². The smallest absolute Gasteiger partial charge is 0.421 e. The summed E-state index contributed by atoms with van der Waals surface area (Å²) in [6.45, 7) is -0.217. The minimum atomic E-state index is -0.952. The Balaban J connectivity index is 2.47. The number of guanidine groups is 1. The first-order valence-corrected chi connectivity index (χ1v) is 9.68. The summed E-state index contributed by atoms with van der Waals surface area (Å²) in [5.74, 6) is -1.09. The van der Waals surface area contributed by atoms with Gasteiger partial charge in [-0.1, -0.05) is 30.0 Å². The first-order valence-electron chi connectivity index (χ1n) is 8.87. The van der Waals surface area contributed by atoms with Crippen LogP contribution in [0, 0.1) is 5.41 Å². The average molecular weight is 446 g/mol. The molecule has 0 saturated carbocycles. The molecule has 0 aliphatic carbocycles. The van der Waals surface area contributed by atoms with Gasteiger partial charge in [0, 0.05) is 16.9 Å². The number of hydrogen-bond donors (Lipinski definition) is 3. The second-order valence-corrected chi connectivity index (χ2v) is 6.99. The van der Waals surface area contributed by atoms with Gasteiger partial charge in [-0.2, -0.15) is 0 Å². The van der Waals surface area contributed by atoms with Gasteiger partial charge < -0.3 is 19.5 Å². The molecule has 2 aromatic carbocycles. The largest absolute Gasteiger partial charge is 0.453 e. The van der Waals surface area contributed by atoms with E-state index in [0.29, 0.717) is 0 Å². The molecule has 0 heterocycles. The van der Waals surface area contributed by atoms with Crippen molar-refractivity contribution in [2.45, 2.75) is 9.79 Å². The van der Waals surface area contributed by atoms with Gasteiger partial charge in [0.25, 0.3) is 0 Å². The van der Waals surface area contributed by atoms with Crippen LogP contribution < -0.4 is 15.5 Å². The lowest BCUT2D eigenvalue weighted by atomic mass is 10.2. The molecular formula is C20H22N4O6S. The summed E-state index contributed by atoms with van der Waals surface area (Å²) >= 11 is 1.44. The number of nitrogens with one attached hydrogen (secondary N) is 3. The van der Waals surface area contributed by atoms with Crippen molar-refractivity contribution < 1.29 is 28.6 Å². The molecule has 0 atom stereocenters. The summed E-state index contributed by atoms with van der Waals surface area (Å²) in [7, 11) is 3.62. The summed E-state index contributed by atoms with van der Waals surface area (Å²) in [6, 6.07) is 14.4. The second-order valence-electron chi connectivity index (χ2n) is 5.85. The number of amides is 3. The van der Waals surface area contributed by atoms with Crippen LogP contribution in [-0.2, 0) is 19.0 Å². The molecule has 0 saturated heterocycles. The summed E-state index contributed by atoms with van der Waals surface area (Å²) in [6.07, 6.45) is -1.90. The number of methoxy groups -OCH3 is 3. The van der Waals surface area contributed by atoms with E-state index in [1.165, 1.54) is 24.9 Å². The van der Waals surface area contributed by atoms with Crippen LogP contribution in [0.25, 0.3) is 0 Å². The van der Waals surface area contributed by atoms with E-state index in [0.717, 1.165) is 28.9 Å². The number of hydrogen-bond acceptors (Lipinski definition) is 8. The molecule has 0 spiro atoms. The molecule has 0 aliphatic rings. The predicted octanol–water partition coefficient (Wildman–Crippen LogP) is 3.29. The van der Waals surface area contributed by atoms with E-state index in [9.17, 15) is 14.4 Å². The quantitative estimate of drug-likeness (QED) is 0.458. The van der Waals surface area contributed by atoms with E-state index >= 15 is 0 Å². The maximum absolute atomic E-state index is 12.4. The minimum absolute atomic E-state index is 0.107. The van der Waals surface area contributed by atoms with E-state index in [-0.39, 0.29) is 18.0 Å². The van der Waals surface area contributed by atoms with Crippen molar-refractivity contribution in [3.8, 4) is 0 Å². The first-order chi connectivity index (χ1) is 14.9. The molecule has 31 heavy (non-hydrogen) atoms. The summed E-state index contributed by atoms with van der Waals surface area (Å²) in [5, 5.41) is 12.9. The number of anilines is 2. The fourth-order valence-electron chi connectivity index (χ4n) is 2.42. The SMILES string of the molecule is COCC(=O)Nc1cc(Sc2ccccc2)ccc1N(C(=N)NC(=O)OC)C(=O)OC. The van der Waals surface area contributed by atoms with Crippen molar-refractivity contribution in [3.63, 3.8) is 0 Å². The molecule has 11 heteroatoms. The van der Waals surface area contributed by atoms with Crippen molar-refractivity contribution in [1.29, 1.82) is 5.41 Å². The van der Waals surface area contributed by atoms with Gasteiger partial charge >= 0.3 is 12.2 Å². The molecule has 0 aromatic heterocycles. The van der Waals surface area contributed by atoms with Crippen LogP contribution in [0.4, 0.5) is 21.0 Å². The van der Waals surface area contributed by atoms with Gasteiger partial charge in [0.15, 0.2) is 0 Å². The second kappa shape index (κ2) is 11.6. The van der Waals surface area contributed by atoms with Gasteiger partial charge in [0.1, 0.15) is 6.61 Å². The monoisotopic (exact) mass is 446 g/mol. The Morgan fingerprint density at radius 1 is 1.00 bits per heavy atom. The number of nitrogens with zero attached hydrogens (tertiary/aromatic N) is 1. The van der Waals surface area contributed by atoms with E-state index in [2.05, 4.69) is 15.4 Å². The Morgan fingerprint density at radius 2 is 1.71 bits per heavy atom. The van der Waals surface area contributed by atoms with Crippen molar-refractivity contribution in [3.05, 3.63) is 48.5 Å². The highest BCUT2D eigenvalue weighted by molar-refractivity contribution is 7.99. The molecule has 10 nitrogen and oxygen atoms in total. The highest BCUT2D eigenvalue weighted by Gasteiger charge is 2.26. The molecule has 0 fully saturated rings. The van der Waals surface area contributed by atoms with Gasteiger partial charge in [-0.25, -0.2) is 14.5 Å². The Bertz CT molecular complexity index is 954. The average Bonchev–Trinajstić information content (AvgIpc) is 2.76. The number of alkyl carbamates (subject to hydrolysis) is 1. The lowest BCUT2D eigenvalue weighted by Crippen LogP contribution is -2.47. The summed E-state index contributed by atoms with van der Waals surface area (Å²) < 4.78 is 14.1. The zero-order valence-corrected chi connectivity index (χ0v) is 17.9. The molecule has 2 aromatic rings. The van der Waals surface area contributed by atoms with E-state index in [1.807, 2.05) is 30.3 Å². The fourth-order valence-corrected chi connectivity index (χ4v) is 3.30. The van der Waals surface area contributed by atoms with Crippen LogP contribution in [0.1, 0.15) is 0 Å². The Labute approximate surface area is 183 Å². The van der Waals surface area contributed by atoms with E-state index < -0.39 is 24.1 Å². The molecule has 0 radical (unpaired) electrons. The molecule has 3 N–H and O–H groups in total. The van der Waals surface area contributed by atoms with Crippen molar-refractivity contribution in [2.24, 2.45) is 0 Å². The van der Waals surface area contributed by atoms with Crippen LogP contribution >= 0.6 is 11.8 Å². The van der Waals surface area contributed by atoms with Crippen LogP contribution in [0.15, 0.2) is 58.3 Å². The van der Waals surface area contributed by atoms with Crippen molar-refractivity contribution >= 4 is 47.2 Å². The maximum Gasteiger partial charge on any atom is 0.421 e. The third-order valence-corrected chi connectivity index (χ3v) is 4.72. The van der Waals surface area contributed by atoms with E-state index in [4.69, 9.17) is 14.9 Å². The van der Waals surface area contributed by atoms with Crippen LogP contribution in [-0.4, -0.2) is 52.0 Å². The molecule has 2 rings (SSSR count). The third-order valence-electron chi connectivity index (χ3n) is 3.72. The molecule has 0 unspecified atom stereocenters. The van der Waals surface area contributed by atoms with Crippen LogP contribution in [0.2, 0.25) is 0 Å². The lowest BCUT2D eigenvalue weighted by molar-refractivity contribution is -0.119. The Morgan fingerprint density at radius 3 is 2.32 bits per heavy atom. The predicted molar refractivity (Wildman–Crippen MR) is 116 cm³/mol. The number of benzene rings is 2. The highest BCUT2D eigenvalue weighted by atomic mass is 32.2. The Hall–Kier alpha value is -3.57. The highest BCUT2D eigenvalue weighted by Crippen LogP contribution is 2.35. The van der Waals surface area contributed by atoms with Crippen molar-refractivity contribution in [2.75, 3.05) is 38.2 Å². The minimum Gasteiger partial charge on any atom is -0.453 e. The number of carbonyl (C=O) groups excluding carboxylic acids is 3. The normalized spacial score (nSPS) is 10.0. The van der Waals surface area contributed by atoms with Gasteiger partial charge in [-0.15, -0.1) is 0 Å². The standard InChI is InChI=1S/C20H22N4O6S/c1-28-12-17(25)22-15-11-14(31-13-7-5-4-6-8-13)9-10-16(15)24(20(27)30-3)18(21)23-19(26)29-2/h4-11H,12H2,1-3H3,(H,22,25)(H2,21,23,26). The van der Waals surface area contributed by atoms with Gasteiger partial charge in [-0.3, -0.25) is 15.5 Å². The maximum atomic E-state index is 12.4.